The molecule has 2 N–H and O–H groups in total. The summed E-state index contributed by atoms with van der Waals surface area (Å²) in [5, 5.41) is 11.0. The number of hydrogen-bond acceptors (Lipinski definition) is 4. The van der Waals surface area contributed by atoms with Crippen molar-refractivity contribution < 1.29 is 9.90 Å². The van der Waals surface area contributed by atoms with Crippen molar-refractivity contribution in [2.45, 2.75) is 58.0 Å². The number of carbonyl (C=O) groups is 1. The molecule has 1 amide bonds. The summed E-state index contributed by atoms with van der Waals surface area (Å²) in [5.74, 6) is 0.951. The van der Waals surface area contributed by atoms with Crippen LogP contribution in [0.1, 0.15) is 61.6 Å². The average Bonchev–Trinajstić information content (AvgIpc) is 3.46. The number of fused-ring (bicyclic) bond motifs is 1. The number of benzene rings is 1. The SMILES string of the molecule is Cc1cc(-c2[nH]c3ccc(C4CCN(CC(=O)N5CC[C@H](O)C5)CC4)cc3c2C(C)C)cn(C)c1=O. The zero-order valence-electron chi connectivity index (χ0n) is 21.9. The van der Waals surface area contributed by atoms with Gasteiger partial charge in [-0.25, -0.2) is 0 Å². The van der Waals surface area contributed by atoms with Crippen LogP contribution in [0.15, 0.2) is 35.3 Å². The van der Waals surface area contributed by atoms with Crippen LogP contribution in [-0.2, 0) is 11.8 Å². The number of hydrogen-bond donors (Lipinski definition) is 2. The predicted octanol–water partition coefficient (Wildman–Crippen LogP) is 3.74. The Kier molecular flexibility index (Phi) is 6.79. The van der Waals surface area contributed by atoms with Crippen LogP contribution in [0.25, 0.3) is 22.2 Å². The highest BCUT2D eigenvalue weighted by Gasteiger charge is 2.28. The lowest BCUT2D eigenvalue weighted by Crippen LogP contribution is -2.42. The van der Waals surface area contributed by atoms with Gasteiger partial charge in [0.1, 0.15) is 0 Å². The molecule has 4 heterocycles. The summed E-state index contributed by atoms with van der Waals surface area (Å²) in [6.07, 6.45) is 4.33. The molecule has 0 radical (unpaired) electrons. The molecule has 2 aliphatic heterocycles. The molecule has 7 nitrogen and oxygen atoms in total. The van der Waals surface area contributed by atoms with Gasteiger partial charge < -0.3 is 19.6 Å². The number of aliphatic hydroxyl groups is 1. The molecule has 2 saturated heterocycles. The van der Waals surface area contributed by atoms with Gasteiger partial charge in [-0.2, -0.15) is 0 Å². The van der Waals surface area contributed by atoms with Gasteiger partial charge in [0, 0.05) is 48.4 Å². The maximum atomic E-state index is 12.6. The quantitative estimate of drug-likeness (QED) is 0.571. The molecular formula is C29H38N4O3. The van der Waals surface area contributed by atoms with Gasteiger partial charge in [0.25, 0.3) is 5.56 Å². The van der Waals surface area contributed by atoms with E-state index in [9.17, 15) is 14.7 Å². The first-order valence-corrected chi connectivity index (χ1v) is 13.2. The molecular weight excluding hydrogens is 452 g/mol. The standard InChI is InChI=1S/C29H38N4O3/c1-18(2)27-24-14-21(5-6-25(24)30-28(27)22-13-19(3)29(36)31(4)15-22)20-7-10-32(11-8-20)17-26(35)33-12-9-23(34)16-33/h5-6,13-15,18,20,23,30,34H,7-12,16-17H2,1-4H3/t23-/m0/s1. The second-order valence-electron chi connectivity index (χ2n) is 11.0. The maximum Gasteiger partial charge on any atom is 0.253 e. The lowest BCUT2D eigenvalue weighted by atomic mass is 9.87. The van der Waals surface area contributed by atoms with Crippen LogP contribution in [0, 0.1) is 6.92 Å². The number of pyridine rings is 1. The smallest absolute Gasteiger partial charge is 0.253 e. The number of β-amino-alcohol motifs (C(OH)–C–C–N with tert-alkyl or cyclic N) is 1. The summed E-state index contributed by atoms with van der Waals surface area (Å²) < 4.78 is 1.66. The average molecular weight is 491 g/mol. The molecule has 0 unspecified atom stereocenters. The number of aryl methyl sites for hydroxylation is 2. The van der Waals surface area contributed by atoms with Crippen molar-refractivity contribution in [1.82, 2.24) is 19.4 Å². The van der Waals surface area contributed by atoms with Crippen LogP contribution in [0.2, 0.25) is 0 Å². The number of aromatic amines is 1. The second-order valence-corrected chi connectivity index (χ2v) is 11.0. The van der Waals surface area contributed by atoms with Gasteiger partial charge in [0.05, 0.1) is 18.3 Å². The molecule has 1 aromatic carbocycles. The van der Waals surface area contributed by atoms with Gasteiger partial charge in [0.2, 0.25) is 5.91 Å². The van der Waals surface area contributed by atoms with Gasteiger partial charge in [0.15, 0.2) is 0 Å². The van der Waals surface area contributed by atoms with Crippen LogP contribution >= 0.6 is 0 Å². The molecule has 2 aliphatic rings. The molecule has 0 bridgehead atoms. The predicted molar refractivity (Wildman–Crippen MR) is 143 cm³/mol. The Morgan fingerprint density at radius 2 is 1.89 bits per heavy atom. The molecule has 0 saturated carbocycles. The Bertz CT molecular complexity index is 1300. The fourth-order valence-corrected chi connectivity index (χ4v) is 6.01. The van der Waals surface area contributed by atoms with Crippen molar-refractivity contribution in [1.29, 1.82) is 0 Å². The molecule has 1 atom stereocenters. The summed E-state index contributed by atoms with van der Waals surface area (Å²) >= 11 is 0. The highest BCUT2D eigenvalue weighted by molar-refractivity contribution is 5.92. The first-order chi connectivity index (χ1) is 17.2. The number of carbonyl (C=O) groups excluding carboxylic acids is 1. The Morgan fingerprint density at radius 3 is 2.53 bits per heavy atom. The number of likely N-dealkylation sites (tertiary alicyclic amines) is 2. The van der Waals surface area contributed by atoms with Crippen molar-refractivity contribution in [2.75, 3.05) is 32.7 Å². The van der Waals surface area contributed by atoms with Gasteiger partial charge in [-0.1, -0.05) is 19.9 Å². The van der Waals surface area contributed by atoms with Crippen LogP contribution in [0.4, 0.5) is 0 Å². The number of nitrogens with one attached hydrogen (secondary N) is 1. The number of aromatic nitrogens is 2. The van der Waals surface area contributed by atoms with E-state index in [1.165, 1.54) is 16.5 Å². The first kappa shape index (κ1) is 24.8. The van der Waals surface area contributed by atoms with Gasteiger partial charge >= 0.3 is 0 Å². The topological polar surface area (TPSA) is 81.6 Å². The fraction of sp³-hybridized carbons (Fsp3) is 0.517. The molecule has 3 aromatic rings. The maximum absolute atomic E-state index is 12.6. The summed E-state index contributed by atoms with van der Waals surface area (Å²) in [6, 6.07) is 8.79. The molecule has 192 valence electrons. The van der Waals surface area contributed by atoms with Crippen molar-refractivity contribution in [3.8, 4) is 11.3 Å². The van der Waals surface area contributed by atoms with E-state index in [-0.39, 0.29) is 17.6 Å². The molecule has 0 spiro atoms. The zero-order chi connectivity index (χ0) is 25.6. The van der Waals surface area contributed by atoms with Crippen molar-refractivity contribution in [3.63, 3.8) is 0 Å². The first-order valence-electron chi connectivity index (χ1n) is 13.2. The van der Waals surface area contributed by atoms with Crippen molar-refractivity contribution in [2.24, 2.45) is 7.05 Å². The monoisotopic (exact) mass is 490 g/mol. The minimum absolute atomic E-state index is 0.0364. The van der Waals surface area contributed by atoms with Crippen LogP contribution in [-0.4, -0.2) is 69.2 Å². The van der Waals surface area contributed by atoms with E-state index < -0.39 is 0 Å². The van der Waals surface area contributed by atoms with Crippen molar-refractivity contribution in [3.05, 3.63) is 57.5 Å². The van der Waals surface area contributed by atoms with Crippen LogP contribution in [0.5, 0.6) is 0 Å². The van der Waals surface area contributed by atoms with Gasteiger partial charge in [-0.3, -0.25) is 14.5 Å². The molecule has 36 heavy (non-hydrogen) atoms. The molecule has 2 aromatic heterocycles. The fourth-order valence-electron chi connectivity index (χ4n) is 6.01. The molecule has 2 fully saturated rings. The summed E-state index contributed by atoms with van der Waals surface area (Å²) in [4.78, 5) is 32.5. The van der Waals surface area contributed by atoms with E-state index in [0.717, 1.165) is 48.3 Å². The number of aliphatic hydroxyl groups excluding tert-OH is 1. The normalized spacial score (nSPS) is 19.6. The van der Waals surface area contributed by atoms with Gasteiger partial charge in [-0.15, -0.1) is 0 Å². The highest BCUT2D eigenvalue weighted by atomic mass is 16.3. The van der Waals surface area contributed by atoms with Gasteiger partial charge in [-0.05, 0) is 80.4 Å². The Labute approximate surface area is 212 Å². The largest absolute Gasteiger partial charge is 0.391 e. The lowest BCUT2D eigenvalue weighted by Gasteiger charge is -2.32. The Morgan fingerprint density at radius 1 is 1.14 bits per heavy atom. The number of piperidine rings is 1. The molecule has 0 aliphatic carbocycles. The highest BCUT2D eigenvalue weighted by Crippen LogP contribution is 2.38. The van der Waals surface area contributed by atoms with Crippen LogP contribution in [0.3, 0.4) is 0 Å². The van der Waals surface area contributed by atoms with E-state index in [2.05, 4.69) is 41.9 Å². The Balaban J connectivity index is 1.35. The second kappa shape index (κ2) is 9.87. The third-order valence-corrected chi connectivity index (χ3v) is 8.03. The number of nitrogens with zero attached hydrogens (tertiary/aromatic N) is 3. The lowest BCUT2D eigenvalue weighted by molar-refractivity contribution is -0.132. The Hall–Kier alpha value is -2.90. The zero-order valence-corrected chi connectivity index (χ0v) is 21.9. The van der Waals surface area contributed by atoms with E-state index in [0.29, 0.717) is 37.9 Å². The van der Waals surface area contributed by atoms with Crippen LogP contribution < -0.4 is 5.56 Å². The molecule has 5 rings (SSSR count). The summed E-state index contributed by atoms with van der Waals surface area (Å²) in [6.45, 7) is 9.75. The minimum atomic E-state index is -0.364. The summed E-state index contributed by atoms with van der Waals surface area (Å²) in [5.41, 5.74) is 6.70. The van der Waals surface area contributed by atoms with Crippen molar-refractivity contribution >= 4 is 16.8 Å². The van der Waals surface area contributed by atoms with E-state index in [1.54, 1.807) is 9.47 Å². The summed E-state index contributed by atoms with van der Waals surface area (Å²) in [7, 11) is 1.81. The third-order valence-electron chi connectivity index (χ3n) is 8.03. The number of amides is 1. The van der Waals surface area contributed by atoms with E-state index >= 15 is 0 Å². The molecule has 7 heteroatoms. The minimum Gasteiger partial charge on any atom is -0.391 e. The number of H-pyrrole nitrogens is 1. The van der Waals surface area contributed by atoms with E-state index in [4.69, 9.17) is 0 Å². The van der Waals surface area contributed by atoms with E-state index in [1.807, 2.05) is 26.2 Å². The third kappa shape index (κ3) is 4.74. The number of rotatable bonds is 5.